The molecule has 1 heterocycles. The quantitative estimate of drug-likeness (QED) is 0.370. The van der Waals surface area contributed by atoms with Crippen LogP contribution in [0.4, 0.5) is 0 Å². The summed E-state index contributed by atoms with van der Waals surface area (Å²) >= 11 is 0. The highest BCUT2D eigenvalue weighted by atomic mass is 28.3. The number of rotatable bonds is 7. The lowest BCUT2D eigenvalue weighted by molar-refractivity contribution is -0.0291. The molecule has 0 spiro atoms. The first-order chi connectivity index (χ1) is 7.71. The van der Waals surface area contributed by atoms with Gasteiger partial charge in [0.15, 0.2) is 0 Å². The lowest BCUT2D eigenvalue weighted by Crippen LogP contribution is -2.47. The van der Waals surface area contributed by atoms with Crippen LogP contribution >= 0.6 is 0 Å². The fourth-order valence-electron chi connectivity index (χ4n) is 2.70. The van der Waals surface area contributed by atoms with Crippen LogP contribution in [0.5, 0.6) is 0 Å². The Kier molecular flexibility index (Phi) is 6.36. The largest absolute Gasteiger partial charge is 0.379 e. The summed E-state index contributed by atoms with van der Waals surface area (Å²) in [4.78, 5) is 0. The Labute approximate surface area is 103 Å². The van der Waals surface area contributed by atoms with Gasteiger partial charge in [-0.15, -0.1) is 6.58 Å². The van der Waals surface area contributed by atoms with E-state index in [9.17, 15) is 0 Å². The highest BCUT2D eigenvalue weighted by Gasteiger charge is 2.36. The minimum absolute atomic E-state index is 0.340. The maximum atomic E-state index is 6.18. The molecule has 16 heavy (non-hydrogen) atoms. The summed E-state index contributed by atoms with van der Waals surface area (Å²) in [6, 6.07) is 0. The molecule has 0 aromatic rings. The molecule has 0 bridgehead atoms. The Hall–Kier alpha value is -0.0831. The maximum Gasteiger partial charge on any atom is 0.0695 e. The highest BCUT2D eigenvalue weighted by molar-refractivity contribution is 6.59. The van der Waals surface area contributed by atoms with Gasteiger partial charge in [0, 0.05) is 6.61 Å². The van der Waals surface area contributed by atoms with E-state index in [1.54, 1.807) is 0 Å². The van der Waals surface area contributed by atoms with Gasteiger partial charge in [0.05, 0.1) is 14.0 Å². The van der Waals surface area contributed by atoms with Crippen LogP contribution in [0.2, 0.25) is 13.1 Å². The van der Waals surface area contributed by atoms with Crippen molar-refractivity contribution < 1.29 is 4.74 Å². The molecular formula is C14H28OSi. The second-order valence-corrected chi connectivity index (χ2v) is 8.77. The molecule has 1 saturated heterocycles. The molecule has 1 rings (SSSR count). The zero-order valence-corrected chi connectivity index (χ0v) is 12.3. The van der Waals surface area contributed by atoms with Gasteiger partial charge in [-0.25, -0.2) is 0 Å². The smallest absolute Gasteiger partial charge is 0.0695 e. The number of ether oxygens (including phenoxy) is 1. The zero-order valence-electron chi connectivity index (χ0n) is 11.1. The third kappa shape index (κ3) is 4.06. The van der Waals surface area contributed by atoms with Gasteiger partial charge in [0.25, 0.3) is 0 Å². The Balaban J connectivity index is 2.30. The van der Waals surface area contributed by atoms with Crippen LogP contribution in [-0.4, -0.2) is 20.6 Å². The molecule has 0 aliphatic carbocycles. The summed E-state index contributed by atoms with van der Waals surface area (Å²) < 4.78 is 6.18. The number of allylic oxidation sites excluding steroid dienone is 1. The van der Waals surface area contributed by atoms with Crippen LogP contribution < -0.4 is 0 Å². The molecule has 0 amide bonds. The number of hydrogen-bond acceptors (Lipinski definition) is 1. The van der Waals surface area contributed by atoms with E-state index < -0.39 is 8.80 Å². The molecule has 0 N–H and O–H groups in total. The minimum Gasteiger partial charge on any atom is -0.379 e. The first kappa shape index (κ1) is 14.0. The van der Waals surface area contributed by atoms with E-state index in [1.807, 2.05) is 6.08 Å². The van der Waals surface area contributed by atoms with E-state index >= 15 is 0 Å². The minimum atomic E-state index is -0.689. The van der Waals surface area contributed by atoms with Crippen LogP contribution in [0.25, 0.3) is 0 Å². The summed E-state index contributed by atoms with van der Waals surface area (Å²) in [5.74, 6) is 0. The van der Waals surface area contributed by atoms with Gasteiger partial charge in [-0.2, -0.15) is 0 Å². The third-order valence-electron chi connectivity index (χ3n) is 3.94. The summed E-state index contributed by atoms with van der Waals surface area (Å²) in [5, 5.41) is 0.340. The average molecular weight is 240 g/mol. The second kappa shape index (κ2) is 7.28. The van der Waals surface area contributed by atoms with Crippen LogP contribution in [0.15, 0.2) is 12.7 Å². The van der Waals surface area contributed by atoms with E-state index in [0.29, 0.717) is 5.22 Å². The molecule has 0 aromatic heterocycles. The first-order valence-corrected chi connectivity index (χ1v) is 9.85. The van der Waals surface area contributed by atoms with Crippen molar-refractivity contribution in [1.82, 2.24) is 0 Å². The predicted octanol–water partition coefficient (Wildman–Crippen LogP) is 4.09. The van der Waals surface area contributed by atoms with Crippen molar-refractivity contribution >= 4 is 8.80 Å². The molecule has 0 aromatic carbocycles. The molecule has 1 aliphatic rings. The van der Waals surface area contributed by atoms with Gasteiger partial charge in [-0.1, -0.05) is 32.0 Å². The van der Waals surface area contributed by atoms with E-state index in [2.05, 4.69) is 19.7 Å². The van der Waals surface area contributed by atoms with Crippen molar-refractivity contribution in [3.8, 4) is 0 Å². The van der Waals surface area contributed by atoms with Crippen molar-refractivity contribution in [2.45, 2.75) is 69.7 Å². The number of hydrogen-bond donors (Lipinski definition) is 0. The van der Waals surface area contributed by atoms with Gasteiger partial charge in [-0.3, -0.25) is 0 Å². The molecular weight excluding hydrogens is 212 g/mol. The lowest BCUT2D eigenvalue weighted by Gasteiger charge is -2.40. The van der Waals surface area contributed by atoms with Gasteiger partial charge in [0.2, 0.25) is 0 Å². The van der Waals surface area contributed by atoms with Crippen molar-refractivity contribution in [3.05, 3.63) is 12.7 Å². The molecule has 1 aliphatic heterocycles. The van der Waals surface area contributed by atoms with Gasteiger partial charge in [0.1, 0.15) is 0 Å². The van der Waals surface area contributed by atoms with E-state index in [1.165, 1.54) is 51.4 Å². The van der Waals surface area contributed by atoms with Crippen LogP contribution in [0, 0.1) is 0 Å². The fraction of sp³-hybridized carbons (Fsp3) is 0.857. The fourth-order valence-corrected chi connectivity index (χ4v) is 4.72. The standard InChI is InChI=1S/C14H28OSi/c1-4-5-6-7-8-11-14(16(2)3)12-9-10-13-15-14/h4,16H,1,5-13H2,2-3H3. The average Bonchev–Trinajstić information content (AvgIpc) is 2.30. The second-order valence-electron chi connectivity index (χ2n) is 5.41. The Bertz CT molecular complexity index is 195. The van der Waals surface area contributed by atoms with Gasteiger partial charge >= 0.3 is 0 Å². The van der Waals surface area contributed by atoms with Crippen molar-refractivity contribution in [2.75, 3.05) is 6.61 Å². The Morgan fingerprint density at radius 2 is 2.06 bits per heavy atom. The molecule has 1 fully saturated rings. The summed E-state index contributed by atoms with van der Waals surface area (Å²) in [6.07, 6.45) is 12.5. The van der Waals surface area contributed by atoms with Crippen molar-refractivity contribution in [2.24, 2.45) is 0 Å². The molecule has 0 saturated carbocycles. The van der Waals surface area contributed by atoms with E-state index in [0.717, 1.165) is 6.61 Å². The summed E-state index contributed by atoms with van der Waals surface area (Å²) in [5.41, 5.74) is 0. The number of unbranched alkanes of at least 4 members (excludes halogenated alkanes) is 3. The van der Waals surface area contributed by atoms with Crippen LogP contribution in [0.1, 0.15) is 51.4 Å². The Morgan fingerprint density at radius 3 is 2.62 bits per heavy atom. The van der Waals surface area contributed by atoms with Crippen LogP contribution in [-0.2, 0) is 4.74 Å². The third-order valence-corrected chi connectivity index (χ3v) is 6.79. The van der Waals surface area contributed by atoms with Crippen molar-refractivity contribution in [1.29, 1.82) is 0 Å². The lowest BCUT2D eigenvalue weighted by atomic mass is 10.0. The normalized spacial score (nSPS) is 25.9. The molecule has 0 radical (unpaired) electrons. The predicted molar refractivity (Wildman–Crippen MR) is 74.7 cm³/mol. The van der Waals surface area contributed by atoms with Gasteiger partial charge < -0.3 is 4.74 Å². The summed E-state index contributed by atoms with van der Waals surface area (Å²) in [6.45, 7) is 9.69. The SMILES string of the molecule is C=CCCCCCC1([SiH](C)C)CCCCO1. The molecule has 1 atom stereocenters. The molecule has 1 nitrogen and oxygen atoms in total. The zero-order chi connectivity index (χ0) is 11.9. The van der Waals surface area contributed by atoms with E-state index in [4.69, 9.17) is 4.74 Å². The maximum absolute atomic E-state index is 6.18. The summed E-state index contributed by atoms with van der Waals surface area (Å²) in [7, 11) is -0.689. The highest BCUT2D eigenvalue weighted by Crippen LogP contribution is 2.32. The monoisotopic (exact) mass is 240 g/mol. The van der Waals surface area contributed by atoms with Crippen molar-refractivity contribution in [3.63, 3.8) is 0 Å². The first-order valence-electron chi connectivity index (χ1n) is 6.96. The molecule has 1 unspecified atom stereocenters. The van der Waals surface area contributed by atoms with E-state index in [-0.39, 0.29) is 0 Å². The molecule has 2 heteroatoms. The Morgan fingerprint density at radius 1 is 1.25 bits per heavy atom. The molecule has 94 valence electrons. The van der Waals surface area contributed by atoms with Crippen LogP contribution in [0.3, 0.4) is 0 Å². The van der Waals surface area contributed by atoms with Gasteiger partial charge in [-0.05, 0) is 38.5 Å². The topological polar surface area (TPSA) is 9.23 Å².